The largest absolute Gasteiger partial charge is 0.370 e. The molecule has 29 heavy (non-hydrogen) atoms. The summed E-state index contributed by atoms with van der Waals surface area (Å²) >= 11 is 0. The Kier molecular flexibility index (Phi) is 6.21. The highest BCUT2D eigenvalue weighted by Crippen LogP contribution is 2.27. The van der Waals surface area contributed by atoms with Crippen molar-refractivity contribution in [1.29, 1.82) is 0 Å². The first-order chi connectivity index (χ1) is 13.7. The van der Waals surface area contributed by atoms with Crippen LogP contribution in [0.15, 0.2) is 47.9 Å². The number of carbonyl (C=O) groups is 1. The molecule has 1 aliphatic rings. The van der Waals surface area contributed by atoms with E-state index in [2.05, 4.69) is 20.2 Å². The molecule has 2 aromatic heterocycles. The highest BCUT2D eigenvalue weighted by molar-refractivity contribution is 7.92. The van der Waals surface area contributed by atoms with Crippen molar-refractivity contribution in [3.63, 3.8) is 0 Å². The summed E-state index contributed by atoms with van der Waals surface area (Å²) in [6, 6.07) is 7.16. The Morgan fingerprint density at radius 1 is 1.17 bits per heavy atom. The van der Waals surface area contributed by atoms with E-state index >= 15 is 0 Å². The lowest BCUT2D eigenvalue weighted by atomic mass is 9.95. The molecule has 0 aromatic carbocycles. The van der Waals surface area contributed by atoms with Gasteiger partial charge in [0.05, 0.1) is 16.6 Å². The van der Waals surface area contributed by atoms with Gasteiger partial charge in [-0.25, -0.2) is 13.4 Å². The van der Waals surface area contributed by atoms with Crippen LogP contribution in [0.2, 0.25) is 0 Å². The number of nitrogens with one attached hydrogen (secondary N) is 1. The van der Waals surface area contributed by atoms with Crippen molar-refractivity contribution in [2.45, 2.75) is 49.9 Å². The second-order valence-corrected chi connectivity index (χ2v) is 11.0. The normalized spacial score (nSPS) is 15.9. The van der Waals surface area contributed by atoms with Gasteiger partial charge < -0.3 is 10.2 Å². The smallest absolute Gasteiger partial charge is 0.223 e. The van der Waals surface area contributed by atoms with Crippen molar-refractivity contribution in [3.8, 4) is 0 Å². The number of nitrogens with zero attached hydrogens (tertiary/aromatic N) is 3. The summed E-state index contributed by atoms with van der Waals surface area (Å²) in [5.41, 5.74) is 1.86. The number of aromatic nitrogens is 2. The fourth-order valence-electron chi connectivity index (χ4n) is 3.27. The molecule has 1 fully saturated rings. The third-order valence-electron chi connectivity index (χ3n) is 5.22. The third kappa shape index (κ3) is 4.93. The molecule has 8 heteroatoms. The molecule has 1 aliphatic heterocycles. The fraction of sp³-hybridized carbons (Fsp3) is 0.476. The quantitative estimate of drug-likeness (QED) is 0.805. The molecule has 3 heterocycles. The van der Waals surface area contributed by atoms with Gasteiger partial charge in [-0.3, -0.25) is 9.78 Å². The minimum Gasteiger partial charge on any atom is -0.370 e. The number of piperidine rings is 1. The molecule has 0 radical (unpaired) electrons. The van der Waals surface area contributed by atoms with Gasteiger partial charge in [0.15, 0.2) is 14.9 Å². The predicted octanol–water partition coefficient (Wildman–Crippen LogP) is 2.58. The van der Waals surface area contributed by atoms with Crippen LogP contribution in [0.5, 0.6) is 0 Å². The van der Waals surface area contributed by atoms with Crippen molar-refractivity contribution in [1.82, 2.24) is 15.3 Å². The number of pyridine rings is 2. The molecule has 0 unspecified atom stereocenters. The van der Waals surface area contributed by atoms with Gasteiger partial charge in [-0.05, 0) is 57.4 Å². The maximum atomic E-state index is 12.5. The number of amides is 1. The molecule has 0 atom stereocenters. The van der Waals surface area contributed by atoms with E-state index in [4.69, 9.17) is 0 Å². The second-order valence-electron chi connectivity index (χ2n) is 8.31. The fourth-order valence-corrected chi connectivity index (χ4v) is 4.33. The molecule has 1 N–H and O–H groups in total. The monoisotopic (exact) mass is 416 g/mol. The molecule has 1 saturated heterocycles. The van der Waals surface area contributed by atoms with Gasteiger partial charge in [-0.2, -0.15) is 0 Å². The molecular weight excluding hydrogens is 388 g/mol. The first-order valence-electron chi connectivity index (χ1n) is 9.81. The van der Waals surface area contributed by atoms with E-state index in [1.807, 2.05) is 12.1 Å². The Bertz CT molecular complexity index is 930. The lowest BCUT2D eigenvalue weighted by molar-refractivity contribution is -0.125. The first kappa shape index (κ1) is 21.2. The molecule has 3 rings (SSSR count). The minimum atomic E-state index is -3.46. The van der Waals surface area contributed by atoms with E-state index in [1.54, 1.807) is 51.5 Å². The number of hydrogen-bond donors (Lipinski definition) is 1. The maximum absolute atomic E-state index is 12.5. The summed E-state index contributed by atoms with van der Waals surface area (Å²) in [6.45, 7) is 6.96. The lowest BCUT2D eigenvalue weighted by Crippen LogP contribution is -2.40. The van der Waals surface area contributed by atoms with Crippen LogP contribution in [0, 0.1) is 5.92 Å². The zero-order valence-electron chi connectivity index (χ0n) is 17.1. The highest BCUT2D eigenvalue weighted by Gasteiger charge is 2.32. The zero-order chi connectivity index (χ0) is 21.1. The molecule has 2 aromatic rings. The van der Waals surface area contributed by atoms with Crippen LogP contribution in [-0.4, -0.2) is 42.1 Å². The molecule has 1 amide bonds. The molecule has 0 aliphatic carbocycles. The highest BCUT2D eigenvalue weighted by atomic mass is 32.2. The number of rotatable bonds is 5. The van der Waals surface area contributed by atoms with E-state index in [1.165, 1.54) is 0 Å². The van der Waals surface area contributed by atoms with E-state index < -0.39 is 14.6 Å². The Balaban J connectivity index is 1.54. The van der Waals surface area contributed by atoms with Crippen molar-refractivity contribution in [3.05, 3.63) is 48.4 Å². The van der Waals surface area contributed by atoms with Gasteiger partial charge in [0, 0.05) is 37.9 Å². The molecular formula is C21H28N4O3S. The third-order valence-corrected chi connectivity index (χ3v) is 7.63. The summed E-state index contributed by atoms with van der Waals surface area (Å²) in [6.07, 6.45) is 6.57. The average molecular weight is 417 g/mol. The van der Waals surface area contributed by atoms with Crippen molar-refractivity contribution < 1.29 is 13.2 Å². The Morgan fingerprint density at radius 2 is 1.90 bits per heavy atom. The number of anilines is 1. The van der Waals surface area contributed by atoms with Crippen LogP contribution in [-0.2, 0) is 21.2 Å². The van der Waals surface area contributed by atoms with Crippen molar-refractivity contribution in [2.24, 2.45) is 5.92 Å². The van der Waals surface area contributed by atoms with Crippen molar-refractivity contribution in [2.75, 3.05) is 18.0 Å². The number of hydrogen-bond acceptors (Lipinski definition) is 6. The standard InChI is InChI=1S/C21H28N4O3S/c1-21(2,3)29(27,28)19-7-6-18(15-23-19)25-11-8-17(9-12-25)20(26)24-14-16-5-4-10-22-13-16/h4-7,10,13,15,17H,8-9,11-12,14H2,1-3H3,(H,24,26). The number of carbonyl (C=O) groups excluding carboxylic acids is 1. The van der Waals surface area contributed by atoms with Crippen LogP contribution in [0.4, 0.5) is 5.69 Å². The van der Waals surface area contributed by atoms with Gasteiger partial charge in [0.25, 0.3) is 0 Å². The molecule has 0 bridgehead atoms. The lowest BCUT2D eigenvalue weighted by Gasteiger charge is -2.33. The van der Waals surface area contributed by atoms with Crippen LogP contribution in [0.1, 0.15) is 39.2 Å². The van der Waals surface area contributed by atoms with Crippen molar-refractivity contribution >= 4 is 21.4 Å². The summed E-state index contributed by atoms with van der Waals surface area (Å²) < 4.78 is 24.1. The van der Waals surface area contributed by atoms with Crippen LogP contribution in [0.25, 0.3) is 0 Å². The van der Waals surface area contributed by atoms with E-state index in [0.717, 1.165) is 37.2 Å². The van der Waals surface area contributed by atoms with E-state index in [-0.39, 0.29) is 16.9 Å². The Hall–Kier alpha value is -2.48. The van der Waals surface area contributed by atoms with Gasteiger partial charge in [0.2, 0.25) is 5.91 Å². The maximum Gasteiger partial charge on any atom is 0.223 e. The first-order valence-corrected chi connectivity index (χ1v) is 11.3. The van der Waals surface area contributed by atoms with E-state index in [0.29, 0.717) is 6.54 Å². The van der Waals surface area contributed by atoms with Crippen LogP contribution in [0.3, 0.4) is 0 Å². The molecule has 156 valence electrons. The SMILES string of the molecule is CC(C)(C)S(=O)(=O)c1ccc(N2CCC(C(=O)NCc3cccnc3)CC2)cn1. The topological polar surface area (TPSA) is 92.3 Å². The number of sulfone groups is 1. The van der Waals surface area contributed by atoms with Crippen LogP contribution < -0.4 is 10.2 Å². The van der Waals surface area contributed by atoms with Crippen LogP contribution >= 0.6 is 0 Å². The van der Waals surface area contributed by atoms with E-state index in [9.17, 15) is 13.2 Å². The Morgan fingerprint density at radius 3 is 2.45 bits per heavy atom. The summed E-state index contributed by atoms with van der Waals surface area (Å²) in [7, 11) is -3.46. The summed E-state index contributed by atoms with van der Waals surface area (Å²) in [5.74, 6) is 0.0506. The van der Waals surface area contributed by atoms with Gasteiger partial charge in [-0.15, -0.1) is 0 Å². The van der Waals surface area contributed by atoms with Gasteiger partial charge >= 0.3 is 0 Å². The zero-order valence-corrected chi connectivity index (χ0v) is 17.9. The second kappa shape index (κ2) is 8.49. The molecule has 0 spiro atoms. The summed E-state index contributed by atoms with van der Waals surface area (Å²) in [4.78, 5) is 22.8. The minimum absolute atomic E-state index is 0.0172. The van der Waals surface area contributed by atoms with Gasteiger partial charge in [0.1, 0.15) is 0 Å². The molecule has 7 nitrogen and oxygen atoms in total. The molecule has 0 saturated carbocycles. The summed E-state index contributed by atoms with van der Waals surface area (Å²) in [5, 5.41) is 3.08. The average Bonchev–Trinajstić information content (AvgIpc) is 2.72. The Labute approximate surface area is 172 Å². The predicted molar refractivity (Wildman–Crippen MR) is 112 cm³/mol. The van der Waals surface area contributed by atoms with Gasteiger partial charge in [-0.1, -0.05) is 6.07 Å².